The number of anilines is 1. The van der Waals surface area contributed by atoms with Crippen molar-refractivity contribution in [3.8, 4) is 0 Å². The minimum atomic E-state index is 0.176. The first-order valence-corrected chi connectivity index (χ1v) is 7.02. The van der Waals surface area contributed by atoms with Crippen LogP contribution in [0.2, 0.25) is 0 Å². The summed E-state index contributed by atoms with van der Waals surface area (Å²) in [5.74, 6) is 1.06. The predicted molar refractivity (Wildman–Crippen MR) is 72.9 cm³/mol. The lowest BCUT2D eigenvalue weighted by Crippen LogP contribution is -2.38. The Kier molecular flexibility index (Phi) is 4.53. The molecule has 1 aromatic heterocycles. The van der Waals surface area contributed by atoms with Gasteiger partial charge in [0.15, 0.2) is 0 Å². The second-order valence-corrected chi connectivity index (χ2v) is 4.86. The lowest BCUT2D eigenvalue weighted by atomic mass is 10.1. The number of hydrogen-bond acceptors (Lipinski definition) is 4. The van der Waals surface area contributed by atoms with E-state index in [-0.39, 0.29) is 6.61 Å². The van der Waals surface area contributed by atoms with Gasteiger partial charge in [0.25, 0.3) is 0 Å². The molecule has 18 heavy (non-hydrogen) atoms. The Balaban J connectivity index is 2.33. The first-order chi connectivity index (χ1) is 8.81. The van der Waals surface area contributed by atoms with Crippen LogP contribution in [0.4, 0.5) is 5.82 Å². The van der Waals surface area contributed by atoms with Gasteiger partial charge in [0.1, 0.15) is 12.1 Å². The molecule has 1 aliphatic carbocycles. The van der Waals surface area contributed by atoms with Crippen molar-refractivity contribution in [1.29, 1.82) is 0 Å². The first kappa shape index (κ1) is 13.3. The second kappa shape index (κ2) is 6.14. The summed E-state index contributed by atoms with van der Waals surface area (Å²) in [4.78, 5) is 11.1. The van der Waals surface area contributed by atoms with Gasteiger partial charge < -0.3 is 10.0 Å². The Morgan fingerprint density at radius 2 is 2.06 bits per heavy atom. The van der Waals surface area contributed by atoms with Crippen LogP contribution in [0.15, 0.2) is 6.33 Å². The number of fused-ring (bicyclic) bond motifs is 1. The maximum atomic E-state index is 9.30. The molecule has 1 aromatic rings. The smallest absolute Gasteiger partial charge is 0.135 e. The van der Waals surface area contributed by atoms with Crippen LogP contribution in [0.25, 0.3) is 0 Å². The summed E-state index contributed by atoms with van der Waals surface area (Å²) in [6, 6.07) is 0.455. The van der Waals surface area contributed by atoms with Crippen LogP contribution in [0.5, 0.6) is 0 Å². The van der Waals surface area contributed by atoms with E-state index in [2.05, 4.69) is 28.7 Å². The molecule has 0 atom stereocenters. The molecule has 1 aliphatic rings. The molecule has 0 saturated carbocycles. The number of hydrogen-bond donors (Lipinski definition) is 1. The topological polar surface area (TPSA) is 49.2 Å². The van der Waals surface area contributed by atoms with Crippen molar-refractivity contribution in [2.75, 3.05) is 18.1 Å². The highest BCUT2D eigenvalue weighted by Crippen LogP contribution is 2.29. The van der Waals surface area contributed by atoms with Crippen molar-refractivity contribution < 1.29 is 5.11 Å². The van der Waals surface area contributed by atoms with Gasteiger partial charge in [-0.3, -0.25) is 0 Å². The zero-order chi connectivity index (χ0) is 13.0. The molecule has 1 N–H and O–H groups in total. The average molecular weight is 249 g/mol. The van der Waals surface area contributed by atoms with Gasteiger partial charge in [-0.05, 0) is 32.1 Å². The third-order valence-electron chi connectivity index (χ3n) is 3.85. The van der Waals surface area contributed by atoms with E-state index < -0.39 is 0 Å². The third kappa shape index (κ3) is 2.48. The summed E-state index contributed by atoms with van der Waals surface area (Å²) in [6.45, 7) is 5.23. The quantitative estimate of drug-likeness (QED) is 0.837. The van der Waals surface area contributed by atoms with Crippen molar-refractivity contribution in [2.24, 2.45) is 0 Å². The van der Waals surface area contributed by atoms with E-state index in [1.54, 1.807) is 6.33 Å². The molecular formula is C14H23N3O. The van der Waals surface area contributed by atoms with Gasteiger partial charge in [-0.15, -0.1) is 0 Å². The minimum absolute atomic E-state index is 0.176. The highest BCUT2D eigenvalue weighted by atomic mass is 16.3. The van der Waals surface area contributed by atoms with Gasteiger partial charge in [-0.25, -0.2) is 9.97 Å². The Morgan fingerprint density at radius 1 is 1.28 bits per heavy atom. The normalized spacial score (nSPS) is 14.0. The van der Waals surface area contributed by atoms with Crippen molar-refractivity contribution in [3.05, 3.63) is 17.6 Å². The van der Waals surface area contributed by atoms with Gasteiger partial charge in [-0.2, -0.15) is 0 Å². The summed E-state index contributed by atoms with van der Waals surface area (Å²) in [6.07, 6.45) is 7.15. The maximum Gasteiger partial charge on any atom is 0.135 e. The molecule has 1 heterocycles. The molecule has 0 spiro atoms. The summed E-state index contributed by atoms with van der Waals surface area (Å²) in [7, 11) is 0. The van der Waals surface area contributed by atoms with Crippen LogP contribution in [0.1, 0.15) is 44.4 Å². The van der Waals surface area contributed by atoms with E-state index in [0.29, 0.717) is 12.6 Å². The molecule has 0 aromatic carbocycles. The van der Waals surface area contributed by atoms with Crippen molar-refractivity contribution in [1.82, 2.24) is 9.97 Å². The maximum absolute atomic E-state index is 9.30. The molecule has 0 aliphatic heterocycles. The number of aromatic nitrogens is 2. The first-order valence-electron chi connectivity index (χ1n) is 7.02. The lowest BCUT2D eigenvalue weighted by molar-refractivity contribution is 0.295. The van der Waals surface area contributed by atoms with Crippen LogP contribution in [-0.2, 0) is 12.8 Å². The van der Waals surface area contributed by atoms with E-state index in [4.69, 9.17) is 0 Å². The number of aliphatic hydroxyl groups is 1. The average Bonchev–Trinajstić information content (AvgIpc) is 2.87. The van der Waals surface area contributed by atoms with E-state index in [1.165, 1.54) is 17.7 Å². The fourth-order valence-electron chi connectivity index (χ4n) is 2.89. The van der Waals surface area contributed by atoms with Crippen LogP contribution in [0.3, 0.4) is 0 Å². The van der Waals surface area contributed by atoms with Crippen LogP contribution in [0, 0.1) is 0 Å². The summed E-state index contributed by atoms with van der Waals surface area (Å²) >= 11 is 0. The number of rotatable bonds is 6. The zero-order valence-corrected chi connectivity index (χ0v) is 11.4. The molecule has 0 fully saturated rings. The summed E-state index contributed by atoms with van der Waals surface area (Å²) in [5.41, 5.74) is 2.51. The van der Waals surface area contributed by atoms with Crippen LogP contribution >= 0.6 is 0 Å². The Hall–Kier alpha value is -1.16. The lowest BCUT2D eigenvalue weighted by Gasteiger charge is -2.32. The molecular weight excluding hydrogens is 226 g/mol. The number of aliphatic hydroxyl groups excluding tert-OH is 1. The molecule has 0 saturated heterocycles. The predicted octanol–water partition coefficient (Wildman–Crippen LogP) is 1.95. The Bertz CT molecular complexity index is 391. The SMILES string of the molecule is CCC(CC)N(CCO)c1ncnc2c1CCC2. The van der Waals surface area contributed by atoms with Crippen molar-refractivity contribution in [2.45, 2.75) is 52.0 Å². The molecule has 100 valence electrons. The highest BCUT2D eigenvalue weighted by Gasteiger charge is 2.24. The number of aryl methyl sites for hydroxylation is 1. The molecule has 4 heteroatoms. The second-order valence-electron chi connectivity index (χ2n) is 4.86. The largest absolute Gasteiger partial charge is 0.395 e. The molecule has 0 bridgehead atoms. The zero-order valence-electron chi connectivity index (χ0n) is 11.4. The monoisotopic (exact) mass is 249 g/mol. The van der Waals surface area contributed by atoms with Crippen LogP contribution in [-0.4, -0.2) is 34.3 Å². The van der Waals surface area contributed by atoms with Gasteiger partial charge in [-0.1, -0.05) is 13.8 Å². The van der Waals surface area contributed by atoms with Crippen molar-refractivity contribution >= 4 is 5.82 Å². The van der Waals surface area contributed by atoms with Crippen molar-refractivity contribution in [3.63, 3.8) is 0 Å². The fourth-order valence-corrected chi connectivity index (χ4v) is 2.89. The number of nitrogens with zero attached hydrogens (tertiary/aromatic N) is 3. The molecule has 4 nitrogen and oxygen atoms in total. The van der Waals surface area contributed by atoms with Crippen LogP contribution < -0.4 is 4.90 Å². The van der Waals surface area contributed by atoms with Gasteiger partial charge in [0.2, 0.25) is 0 Å². The van der Waals surface area contributed by atoms with Gasteiger partial charge in [0.05, 0.1) is 6.61 Å². The van der Waals surface area contributed by atoms with E-state index in [1.807, 2.05) is 0 Å². The van der Waals surface area contributed by atoms with E-state index in [0.717, 1.165) is 31.5 Å². The van der Waals surface area contributed by atoms with E-state index >= 15 is 0 Å². The fraction of sp³-hybridized carbons (Fsp3) is 0.714. The Labute approximate surface area is 109 Å². The molecule has 2 rings (SSSR count). The molecule has 0 radical (unpaired) electrons. The highest BCUT2D eigenvalue weighted by molar-refractivity contribution is 5.51. The van der Waals surface area contributed by atoms with E-state index in [9.17, 15) is 5.11 Å². The minimum Gasteiger partial charge on any atom is -0.395 e. The summed E-state index contributed by atoms with van der Waals surface area (Å²) in [5, 5.41) is 9.30. The summed E-state index contributed by atoms with van der Waals surface area (Å²) < 4.78 is 0. The van der Waals surface area contributed by atoms with Gasteiger partial charge >= 0.3 is 0 Å². The molecule has 0 amide bonds. The van der Waals surface area contributed by atoms with Gasteiger partial charge in [0, 0.05) is 23.8 Å². The molecule has 0 unspecified atom stereocenters. The standard InChI is InChI=1S/C14H23N3O/c1-3-11(4-2)17(8-9-18)14-12-6-5-7-13(12)15-10-16-14/h10-11,18H,3-9H2,1-2H3. The third-order valence-corrected chi connectivity index (χ3v) is 3.85. The Morgan fingerprint density at radius 3 is 2.72 bits per heavy atom.